The van der Waals surface area contributed by atoms with Crippen molar-refractivity contribution in [2.75, 3.05) is 46.4 Å². The second-order valence-corrected chi connectivity index (χ2v) is 6.53. The highest BCUT2D eigenvalue weighted by atomic mass is 16.5. The van der Waals surface area contributed by atoms with Crippen LogP contribution in [0.15, 0.2) is 48.5 Å². The van der Waals surface area contributed by atoms with Crippen molar-refractivity contribution in [3.63, 3.8) is 0 Å². The third-order valence-corrected chi connectivity index (χ3v) is 4.61. The molecule has 0 atom stereocenters. The maximum atomic E-state index is 5.92. The molecule has 1 aliphatic heterocycles. The molecule has 140 valence electrons. The maximum absolute atomic E-state index is 5.92. The number of nitrogens with one attached hydrogen (secondary N) is 2. The number of methoxy groups -OCH3 is 1. The molecule has 2 aromatic carbocycles. The molecule has 1 aliphatic rings. The minimum Gasteiger partial charge on any atom is -0.493 e. The van der Waals surface area contributed by atoms with Crippen molar-refractivity contribution in [2.45, 2.75) is 13.2 Å². The fourth-order valence-electron chi connectivity index (χ4n) is 3.08. The smallest absolute Gasteiger partial charge is 0.161 e. The first kappa shape index (κ1) is 18.7. The molecule has 1 heterocycles. The maximum Gasteiger partial charge on any atom is 0.161 e. The SMILES string of the molecule is COc1cc(CNCCN2CCNCC2)ccc1OCc1ccccc1. The van der Waals surface area contributed by atoms with Gasteiger partial charge >= 0.3 is 0 Å². The van der Waals surface area contributed by atoms with Crippen LogP contribution in [0.25, 0.3) is 0 Å². The Bertz CT molecular complexity index is 658. The molecule has 0 aliphatic carbocycles. The van der Waals surface area contributed by atoms with Crippen molar-refractivity contribution in [3.8, 4) is 11.5 Å². The van der Waals surface area contributed by atoms with E-state index < -0.39 is 0 Å². The molecule has 3 rings (SSSR count). The molecule has 0 saturated carbocycles. The van der Waals surface area contributed by atoms with Gasteiger partial charge in [0, 0.05) is 45.8 Å². The third-order valence-electron chi connectivity index (χ3n) is 4.61. The van der Waals surface area contributed by atoms with Crippen LogP contribution in [-0.2, 0) is 13.2 Å². The molecule has 2 N–H and O–H groups in total. The van der Waals surface area contributed by atoms with Crippen molar-refractivity contribution in [3.05, 3.63) is 59.7 Å². The summed E-state index contributed by atoms with van der Waals surface area (Å²) in [6.45, 7) is 7.95. The lowest BCUT2D eigenvalue weighted by molar-refractivity contribution is 0.241. The first-order valence-corrected chi connectivity index (χ1v) is 9.32. The summed E-state index contributed by atoms with van der Waals surface area (Å²) in [5.74, 6) is 1.56. The minimum absolute atomic E-state index is 0.541. The van der Waals surface area contributed by atoms with E-state index in [1.807, 2.05) is 24.3 Å². The van der Waals surface area contributed by atoms with E-state index in [0.29, 0.717) is 6.61 Å². The van der Waals surface area contributed by atoms with Gasteiger partial charge < -0.3 is 20.1 Å². The van der Waals surface area contributed by atoms with Crippen molar-refractivity contribution in [1.82, 2.24) is 15.5 Å². The van der Waals surface area contributed by atoms with Crippen molar-refractivity contribution >= 4 is 0 Å². The summed E-state index contributed by atoms with van der Waals surface area (Å²) in [5.41, 5.74) is 2.35. The van der Waals surface area contributed by atoms with Gasteiger partial charge in [-0.25, -0.2) is 0 Å². The summed E-state index contributed by atoms with van der Waals surface area (Å²) in [6, 6.07) is 16.3. The Morgan fingerprint density at radius 3 is 2.58 bits per heavy atom. The van der Waals surface area contributed by atoms with Crippen molar-refractivity contribution in [2.24, 2.45) is 0 Å². The van der Waals surface area contributed by atoms with Crippen LogP contribution in [0.1, 0.15) is 11.1 Å². The Morgan fingerprint density at radius 1 is 1.00 bits per heavy atom. The van der Waals surface area contributed by atoms with Gasteiger partial charge in [0.2, 0.25) is 0 Å². The summed E-state index contributed by atoms with van der Waals surface area (Å²) in [4.78, 5) is 2.49. The van der Waals surface area contributed by atoms with Gasteiger partial charge in [-0.15, -0.1) is 0 Å². The van der Waals surface area contributed by atoms with E-state index in [4.69, 9.17) is 9.47 Å². The number of ether oxygens (including phenoxy) is 2. The van der Waals surface area contributed by atoms with Crippen LogP contribution in [0.4, 0.5) is 0 Å². The summed E-state index contributed by atoms with van der Waals surface area (Å²) in [6.07, 6.45) is 0. The Hall–Kier alpha value is -2.08. The van der Waals surface area contributed by atoms with Gasteiger partial charge in [0.1, 0.15) is 6.61 Å². The molecule has 0 aromatic heterocycles. The van der Waals surface area contributed by atoms with E-state index in [0.717, 1.165) is 62.9 Å². The quantitative estimate of drug-likeness (QED) is 0.676. The van der Waals surface area contributed by atoms with Crippen LogP contribution in [0.3, 0.4) is 0 Å². The molecule has 0 unspecified atom stereocenters. The van der Waals surface area contributed by atoms with Crippen LogP contribution in [-0.4, -0.2) is 51.3 Å². The second kappa shape index (κ2) is 10.2. The normalized spacial score (nSPS) is 15.0. The van der Waals surface area contributed by atoms with E-state index in [-0.39, 0.29) is 0 Å². The summed E-state index contributed by atoms with van der Waals surface area (Å²) in [7, 11) is 1.69. The molecule has 0 spiro atoms. The zero-order valence-corrected chi connectivity index (χ0v) is 15.5. The van der Waals surface area contributed by atoms with Gasteiger partial charge in [-0.05, 0) is 23.3 Å². The average Bonchev–Trinajstić information content (AvgIpc) is 2.71. The molecule has 5 heteroatoms. The van der Waals surface area contributed by atoms with Gasteiger partial charge in [-0.2, -0.15) is 0 Å². The zero-order valence-electron chi connectivity index (χ0n) is 15.5. The molecular formula is C21H29N3O2. The molecule has 0 bridgehead atoms. The number of nitrogens with zero attached hydrogens (tertiary/aromatic N) is 1. The highest BCUT2D eigenvalue weighted by molar-refractivity contribution is 5.43. The third kappa shape index (κ3) is 5.73. The molecule has 2 aromatic rings. The lowest BCUT2D eigenvalue weighted by Crippen LogP contribution is -2.45. The first-order chi connectivity index (χ1) is 12.8. The Labute approximate surface area is 156 Å². The van der Waals surface area contributed by atoms with Gasteiger partial charge in [0.25, 0.3) is 0 Å². The fraction of sp³-hybridized carbons (Fsp3) is 0.429. The average molecular weight is 355 g/mol. The minimum atomic E-state index is 0.541. The Balaban J connectivity index is 1.46. The van der Waals surface area contributed by atoms with Gasteiger partial charge in [0.05, 0.1) is 7.11 Å². The van der Waals surface area contributed by atoms with Crippen LogP contribution < -0.4 is 20.1 Å². The van der Waals surface area contributed by atoms with Crippen molar-refractivity contribution in [1.29, 1.82) is 0 Å². The number of hydrogen-bond donors (Lipinski definition) is 2. The van der Waals surface area contributed by atoms with Crippen LogP contribution in [0, 0.1) is 0 Å². The van der Waals surface area contributed by atoms with Gasteiger partial charge in [-0.3, -0.25) is 4.90 Å². The van der Waals surface area contributed by atoms with Gasteiger partial charge in [0.15, 0.2) is 11.5 Å². The Kier molecular flexibility index (Phi) is 7.31. The first-order valence-electron chi connectivity index (χ1n) is 9.32. The van der Waals surface area contributed by atoms with Gasteiger partial charge in [-0.1, -0.05) is 36.4 Å². The standard InChI is InChI=1S/C21H29N3O2/c1-25-21-15-19(16-23-11-14-24-12-9-22-10-13-24)7-8-20(21)26-17-18-5-3-2-4-6-18/h2-8,15,22-23H,9-14,16-17H2,1H3. The summed E-state index contributed by atoms with van der Waals surface area (Å²) < 4.78 is 11.4. The lowest BCUT2D eigenvalue weighted by Gasteiger charge is -2.27. The monoisotopic (exact) mass is 355 g/mol. The van der Waals surface area contributed by atoms with Crippen LogP contribution in [0.2, 0.25) is 0 Å². The zero-order chi connectivity index (χ0) is 18.0. The molecule has 5 nitrogen and oxygen atoms in total. The van der Waals surface area contributed by atoms with E-state index in [1.54, 1.807) is 7.11 Å². The number of benzene rings is 2. The van der Waals surface area contributed by atoms with E-state index >= 15 is 0 Å². The topological polar surface area (TPSA) is 45.8 Å². The number of hydrogen-bond acceptors (Lipinski definition) is 5. The highest BCUT2D eigenvalue weighted by Crippen LogP contribution is 2.28. The predicted octanol–water partition coefficient (Wildman–Crippen LogP) is 2.27. The Morgan fingerprint density at radius 2 is 1.81 bits per heavy atom. The van der Waals surface area contributed by atoms with E-state index in [2.05, 4.69) is 39.8 Å². The molecular weight excluding hydrogens is 326 g/mol. The molecule has 0 radical (unpaired) electrons. The summed E-state index contributed by atoms with van der Waals surface area (Å²) >= 11 is 0. The molecule has 1 fully saturated rings. The predicted molar refractivity (Wildman–Crippen MR) is 105 cm³/mol. The fourth-order valence-corrected chi connectivity index (χ4v) is 3.08. The largest absolute Gasteiger partial charge is 0.493 e. The van der Waals surface area contributed by atoms with Crippen LogP contribution >= 0.6 is 0 Å². The number of rotatable bonds is 9. The summed E-state index contributed by atoms with van der Waals surface area (Å²) in [5, 5.41) is 6.90. The van der Waals surface area contributed by atoms with E-state index in [9.17, 15) is 0 Å². The van der Waals surface area contributed by atoms with Crippen molar-refractivity contribution < 1.29 is 9.47 Å². The molecule has 26 heavy (non-hydrogen) atoms. The molecule has 1 saturated heterocycles. The highest BCUT2D eigenvalue weighted by Gasteiger charge is 2.09. The second-order valence-electron chi connectivity index (χ2n) is 6.53. The van der Waals surface area contributed by atoms with Crippen LogP contribution in [0.5, 0.6) is 11.5 Å². The molecule has 0 amide bonds. The lowest BCUT2D eigenvalue weighted by atomic mass is 10.2. The van der Waals surface area contributed by atoms with E-state index in [1.165, 1.54) is 5.56 Å². The number of piperazine rings is 1.